The van der Waals surface area contributed by atoms with E-state index in [1.807, 2.05) is 6.07 Å². The van der Waals surface area contributed by atoms with Crippen molar-refractivity contribution >= 4 is 17.2 Å². The summed E-state index contributed by atoms with van der Waals surface area (Å²) in [5.41, 5.74) is 0.509. The molecule has 2 heterocycles. The SMILES string of the molecule is O=C(C[NH+](Cc1cccs1)C[C@@H]1CCCO1)NCc1ccccc1F. The Morgan fingerprint density at radius 3 is 2.92 bits per heavy atom. The van der Waals surface area contributed by atoms with Gasteiger partial charge in [-0.1, -0.05) is 24.3 Å². The van der Waals surface area contributed by atoms with Crippen LogP contribution in [0.25, 0.3) is 0 Å². The number of hydrogen-bond donors (Lipinski definition) is 2. The third-order valence-corrected chi connectivity index (χ3v) is 5.27. The Morgan fingerprint density at radius 2 is 2.20 bits per heavy atom. The van der Waals surface area contributed by atoms with Crippen molar-refractivity contribution in [3.8, 4) is 0 Å². The molecule has 0 aliphatic carbocycles. The summed E-state index contributed by atoms with van der Waals surface area (Å²) in [5, 5.41) is 4.89. The van der Waals surface area contributed by atoms with Gasteiger partial charge in [-0.05, 0) is 30.4 Å². The Bertz CT molecular complexity index is 672. The maximum atomic E-state index is 13.7. The molecule has 1 saturated heterocycles. The maximum Gasteiger partial charge on any atom is 0.275 e. The molecular weight excluding hydrogens is 339 g/mol. The first-order valence-electron chi connectivity index (χ1n) is 8.68. The molecule has 4 nitrogen and oxygen atoms in total. The average molecular weight is 363 g/mol. The van der Waals surface area contributed by atoms with Crippen molar-refractivity contribution < 1.29 is 18.8 Å². The Balaban J connectivity index is 1.54. The molecular formula is C19H24FN2O2S+. The summed E-state index contributed by atoms with van der Waals surface area (Å²) in [6.45, 7) is 3.04. The van der Waals surface area contributed by atoms with E-state index in [0.717, 1.165) is 32.5 Å². The van der Waals surface area contributed by atoms with Gasteiger partial charge >= 0.3 is 0 Å². The predicted molar refractivity (Wildman–Crippen MR) is 95.9 cm³/mol. The monoisotopic (exact) mass is 363 g/mol. The quantitative estimate of drug-likeness (QED) is 0.751. The lowest BCUT2D eigenvalue weighted by Crippen LogP contribution is -3.13. The number of amides is 1. The Morgan fingerprint density at radius 1 is 1.32 bits per heavy atom. The predicted octanol–water partition coefficient (Wildman–Crippen LogP) is 1.77. The molecule has 1 aromatic heterocycles. The fraction of sp³-hybridized carbons (Fsp3) is 0.421. The summed E-state index contributed by atoms with van der Waals surface area (Å²) in [4.78, 5) is 14.8. The van der Waals surface area contributed by atoms with Crippen molar-refractivity contribution in [2.75, 3.05) is 19.7 Å². The van der Waals surface area contributed by atoms with Gasteiger partial charge in [0.05, 0.1) is 4.88 Å². The van der Waals surface area contributed by atoms with Crippen LogP contribution in [0, 0.1) is 5.82 Å². The summed E-state index contributed by atoms with van der Waals surface area (Å²) < 4.78 is 19.4. The summed E-state index contributed by atoms with van der Waals surface area (Å²) in [7, 11) is 0. The number of thiophene rings is 1. The van der Waals surface area contributed by atoms with E-state index in [0.29, 0.717) is 12.1 Å². The lowest BCUT2D eigenvalue weighted by Gasteiger charge is -2.21. The number of halogens is 1. The highest BCUT2D eigenvalue weighted by atomic mass is 32.1. The molecule has 6 heteroatoms. The first kappa shape index (κ1) is 18.0. The minimum Gasteiger partial charge on any atom is -0.372 e. The number of carbonyl (C=O) groups is 1. The van der Waals surface area contributed by atoms with Crippen molar-refractivity contribution in [2.24, 2.45) is 0 Å². The molecule has 1 aliphatic heterocycles. The average Bonchev–Trinajstić information content (AvgIpc) is 3.28. The summed E-state index contributed by atoms with van der Waals surface area (Å²) in [5.74, 6) is -0.349. The molecule has 1 aromatic carbocycles. The number of hydrogen-bond acceptors (Lipinski definition) is 3. The highest BCUT2D eigenvalue weighted by Gasteiger charge is 2.24. The third kappa shape index (κ3) is 5.63. The largest absolute Gasteiger partial charge is 0.372 e. The van der Waals surface area contributed by atoms with Gasteiger partial charge in [-0.15, -0.1) is 11.3 Å². The zero-order valence-electron chi connectivity index (χ0n) is 14.2. The van der Waals surface area contributed by atoms with E-state index < -0.39 is 0 Å². The Labute approximate surface area is 151 Å². The maximum absolute atomic E-state index is 13.7. The molecule has 1 unspecified atom stereocenters. The van der Waals surface area contributed by atoms with Crippen LogP contribution in [0.5, 0.6) is 0 Å². The molecule has 1 aliphatic rings. The van der Waals surface area contributed by atoms with Gasteiger partial charge in [-0.25, -0.2) is 4.39 Å². The second-order valence-corrected chi connectivity index (χ2v) is 7.42. The molecule has 2 N–H and O–H groups in total. The minimum atomic E-state index is -0.287. The van der Waals surface area contributed by atoms with Crippen molar-refractivity contribution in [2.45, 2.75) is 32.0 Å². The molecule has 1 fully saturated rings. The molecule has 134 valence electrons. The molecule has 0 saturated carbocycles. The van der Waals surface area contributed by atoms with Crippen molar-refractivity contribution in [3.05, 3.63) is 58.0 Å². The van der Waals surface area contributed by atoms with Gasteiger partial charge < -0.3 is 15.0 Å². The lowest BCUT2D eigenvalue weighted by molar-refractivity contribution is -0.908. The second-order valence-electron chi connectivity index (χ2n) is 6.39. The molecule has 0 radical (unpaired) electrons. The van der Waals surface area contributed by atoms with Gasteiger partial charge in [0.1, 0.15) is 25.0 Å². The van der Waals surface area contributed by atoms with E-state index in [2.05, 4.69) is 16.8 Å². The molecule has 25 heavy (non-hydrogen) atoms. The van der Waals surface area contributed by atoms with Crippen molar-refractivity contribution in [3.63, 3.8) is 0 Å². The molecule has 3 rings (SSSR count). The summed E-state index contributed by atoms with van der Waals surface area (Å²) >= 11 is 1.71. The lowest BCUT2D eigenvalue weighted by atomic mass is 10.2. The van der Waals surface area contributed by atoms with Crippen LogP contribution in [0.4, 0.5) is 4.39 Å². The zero-order valence-corrected chi connectivity index (χ0v) is 15.0. The summed E-state index contributed by atoms with van der Waals surface area (Å²) in [6, 6.07) is 10.6. The molecule has 0 bridgehead atoms. The van der Waals surface area contributed by atoms with Crippen LogP contribution in [-0.2, 0) is 22.6 Å². The number of benzene rings is 1. The highest BCUT2D eigenvalue weighted by Crippen LogP contribution is 2.11. The first-order chi connectivity index (χ1) is 12.2. The van der Waals surface area contributed by atoms with Crippen LogP contribution in [-0.4, -0.2) is 31.7 Å². The van der Waals surface area contributed by atoms with E-state index in [9.17, 15) is 9.18 Å². The van der Waals surface area contributed by atoms with Crippen LogP contribution in [0.2, 0.25) is 0 Å². The van der Waals surface area contributed by atoms with Crippen LogP contribution >= 0.6 is 11.3 Å². The smallest absolute Gasteiger partial charge is 0.275 e. The topological polar surface area (TPSA) is 42.8 Å². The zero-order chi connectivity index (χ0) is 17.5. The van der Waals surface area contributed by atoms with E-state index in [1.165, 1.54) is 15.8 Å². The standard InChI is InChI=1S/C19H23FN2O2S/c20-18-8-2-1-5-15(18)11-21-19(23)14-22(12-16-6-3-9-24-16)13-17-7-4-10-25-17/h1-2,4-5,7-8,10,16H,3,6,9,11-14H2,(H,21,23)/p+1/t16-/m0/s1. The van der Waals surface area contributed by atoms with Gasteiger partial charge in [0.15, 0.2) is 6.54 Å². The fourth-order valence-electron chi connectivity index (χ4n) is 3.12. The van der Waals surface area contributed by atoms with Crippen molar-refractivity contribution in [1.82, 2.24) is 5.32 Å². The molecule has 2 aromatic rings. The van der Waals surface area contributed by atoms with Gasteiger partial charge in [0, 0.05) is 18.7 Å². The fourth-order valence-corrected chi connectivity index (χ4v) is 3.90. The van der Waals surface area contributed by atoms with Crippen molar-refractivity contribution in [1.29, 1.82) is 0 Å². The number of rotatable bonds is 8. The number of ether oxygens (including phenoxy) is 1. The number of quaternary nitrogens is 1. The van der Waals surface area contributed by atoms with Crippen LogP contribution < -0.4 is 10.2 Å². The van der Waals surface area contributed by atoms with Gasteiger partial charge in [-0.2, -0.15) is 0 Å². The van der Waals surface area contributed by atoms with E-state index >= 15 is 0 Å². The first-order valence-corrected chi connectivity index (χ1v) is 9.56. The van der Waals surface area contributed by atoms with Crippen LogP contribution in [0.3, 0.4) is 0 Å². The molecule has 2 atom stereocenters. The van der Waals surface area contributed by atoms with Crippen LogP contribution in [0.15, 0.2) is 41.8 Å². The van der Waals surface area contributed by atoms with Gasteiger partial charge in [0.2, 0.25) is 0 Å². The minimum absolute atomic E-state index is 0.0622. The normalized spacial score (nSPS) is 18.2. The second kappa shape index (κ2) is 9.08. The Hall–Kier alpha value is -1.76. The van der Waals surface area contributed by atoms with Gasteiger partial charge in [0.25, 0.3) is 5.91 Å². The highest BCUT2D eigenvalue weighted by molar-refractivity contribution is 7.09. The number of carbonyl (C=O) groups excluding carboxylic acids is 1. The summed E-state index contributed by atoms with van der Waals surface area (Å²) in [6.07, 6.45) is 2.38. The number of nitrogens with one attached hydrogen (secondary N) is 2. The van der Waals surface area contributed by atoms with E-state index in [-0.39, 0.29) is 24.4 Å². The third-order valence-electron chi connectivity index (χ3n) is 4.39. The van der Waals surface area contributed by atoms with E-state index in [1.54, 1.807) is 29.5 Å². The molecule has 0 spiro atoms. The van der Waals surface area contributed by atoms with E-state index in [4.69, 9.17) is 4.74 Å². The Kier molecular flexibility index (Phi) is 6.55. The van der Waals surface area contributed by atoms with Gasteiger partial charge in [-0.3, -0.25) is 4.79 Å². The molecule has 1 amide bonds. The van der Waals surface area contributed by atoms with Crippen LogP contribution in [0.1, 0.15) is 23.3 Å².